The van der Waals surface area contributed by atoms with Gasteiger partial charge in [0.25, 0.3) is 0 Å². The molecule has 3 N–H and O–H groups in total. The van der Waals surface area contributed by atoms with Crippen molar-refractivity contribution in [3.63, 3.8) is 0 Å². The third-order valence-electron chi connectivity index (χ3n) is 2.62. The van der Waals surface area contributed by atoms with E-state index in [1.807, 2.05) is 24.3 Å². The molecule has 0 aliphatic carbocycles. The van der Waals surface area contributed by atoms with Crippen LogP contribution in [0, 0.1) is 5.92 Å². The molecule has 0 fully saturated rings. The number of hydrogen-bond donors (Lipinski definition) is 2. The molecule has 0 aliphatic rings. The Balaban J connectivity index is 2.19. The minimum absolute atomic E-state index is 0.391. The zero-order chi connectivity index (χ0) is 12.3. The Hall–Kier alpha value is -1.46. The number of carbonyl (C=O) groups is 1. The number of nitrogens with zero attached hydrogens (tertiary/aromatic N) is 1. The first kappa shape index (κ1) is 12.0. The highest BCUT2D eigenvalue weighted by Gasteiger charge is 2.19. The zero-order valence-electron chi connectivity index (χ0n) is 9.30. The molecule has 0 radical (unpaired) electrons. The predicted octanol–water partition coefficient (Wildman–Crippen LogP) is 1.89. The van der Waals surface area contributed by atoms with E-state index in [1.54, 1.807) is 11.3 Å². The third kappa shape index (κ3) is 2.81. The summed E-state index contributed by atoms with van der Waals surface area (Å²) in [5, 5.41) is 9.93. The van der Waals surface area contributed by atoms with Gasteiger partial charge in [-0.1, -0.05) is 12.1 Å². The van der Waals surface area contributed by atoms with E-state index < -0.39 is 11.9 Å². The Kier molecular flexibility index (Phi) is 3.71. The standard InChI is InChI=1S/C12H14N2O2S/c13-6-5-8(12(15)16)7-11-14-9-3-1-2-4-10(9)17-11/h1-4,8H,5-7,13H2,(H,15,16). The fraction of sp³-hybridized carbons (Fsp3) is 0.333. The molecule has 0 saturated heterocycles. The maximum Gasteiger partial charge on any atom is 0.306 e. The van der Waals surface area contributed by atoms with Gasteiger partial charge in [-0.15, -0.1) is 11.3 Å². The lowest BCUT2D eigenvalue weighted by Crippen LogP contribution is -2.20. The number of carboxylic acid groups (broad SMARTS) is 1. The number of fused-ring (bicyclic) bond motifs is 1. The highest BCUT2D eigenvalue weighted by Crippen LogP contribution is 2.24. The van der Waals surface area contributed by atoms with Crippen molar-refractivity contribution in [2.45, 2.75) is 12.8 Å². The van der Waals surface area contributed by atoms with Crippen LogP contribution >= 0.6 is 11.3 Å². The summed E-state index contributed by atoms with van der Waals surface area (Å²) in [4.78, 5) is 15.5. The normalized spacial score (nSPS) is 12.8. The number of aromatic nitrogens is 1. The largest absolute Gasteiger partial charge is 0.481 e. The van der Waals surface area contributed by atoms with Crippen LogP contribution in [0.3, 0.4) is 0 Å². The van der Waals surface area contributed by atoms with Crippen molar-refractivity contribution >= 4 is 27.5 Å². The Morgan fingerprint density at radius 2 is 2.24 bits per heavy atom. The quantitative estimate of drug-likeness (QED) is 0.849. The molecule has 1 atom stereocenters. The van der Waals surface area contributed by atoms with Gasteiger partial charge >= 0.3 is 5.97 Å². The molecule has 1 heterocycles. The van der Waals surface area contributed by atoms with Crippen molar-refractivity contribution in [3.8, 4) is 0 Å². The van der Waals surface area contributed by atoms with E-state index >= 15 is 0 Å². The molecule has 1 aromatic heterocycles. The fourth-order valence-corrected chi connectivity index (χ4v) is 2.78. The number of nitrogens with two attached hydrogens (primary N) is 1. The Morgan fingerprint density at radius 3 is 2.88 bits per heavy atom. The monoisotopic (exact) mass is 250 g/mol. The van der Waals surface area contributed by atoms with Crippen molar-refractivity contribution in [1.82, 2.24) is 4.98 Å². The lowest BCUT2D eigenvalue weighted by Gasteiger charge is -2.07. The van der Waals surface area contributed by atoms with Crippen LogP contribution in [0.5, 0.6) is 0 Å². The molecule has 90 valence electrons. The summed E-state index contributed by atoms with van der Waals surface area (Å²) in [6.45, 7) is 0.391. The first-order chi connectivity index (χ1) is 8.20. The van der Waals surface area contributed by atoms with Crippen LogP contribution in [0.2, 0.25) is 0 Å². The molecule has 2 rings (SSSR count). The number of thiazole rings is 1. The van der Waals surface area contributed by atoms with E-state index in [2.05, 4.69) is 4.98 Å². The van der Waals surface area contributed by atoms with Crippen molar-refractivity contribution in [2.24, 2.45) is 11.7 Å². The van der Waals surface area contributed by atoms with Crippen LogP contribution < -0.4 is 5.73 Å². The molecule has 17 heavy (non-hydrogen) atoms. The molecule has 5 heteroatoms. The van der Waals surface area contributed by atoms with Gasteiger partial charge in [0.2, 0.25) is 0 Å². The summed E-state index contributed by atoms with van der Waals surface area (Å²) < 4.78 is 1.10. The van der Waals surface area contributed by atoms with Crippen molar-refractivity contribution < 1.29 is 9.90 Å². The number of benzene rings is 1. The van der Waals surface area contributed by atoms with E-state index in [-0.39, 0.29) is 0 Å². The van der Waals surface area contributed by atoms with Gasteiger partial charge < -0.3 is 10.8 Å². The number of carboxylic acids is 1. The van der Waals surface area contributed by atoms with E-state index in [4.69, 9.17) is 10.8 Å². The van der Waals surface area contributed by atoms with E-state index in [0.29, 0.717) is 19.4 Å². The molecule has 0 bridgehead atoms. The Morgan fingerprint density at radius 1 is 1.47 bits per heavy atom. The summed E-state index contributed by atoms with van der Waals surface area (Å²) >= 11 is 1.55. The van der Waals surface area contributed by atoms with Gasteiger partial charge in [0.15, 0.2) is 0 Å². The summed E-state index contributed by atoms with van der Waals surface area (Å²) in [6, 6.07) is 7.82. The number of aliphatic carboxylic acids is 1. The van der Waals surface area contributed by atoms with Gasteiger partial charge in [0.1, 0.15) is 0 Å². The van der Waals surface area contributed by atoms with Gasteiger partial charge in [-0.05, 0) is 25.1 Å². The van der Waals surface area contributed by atoms with E-state index in [9.17, 15) is 4.79 Å². The van der Waals surface area contributed by atoms with Crippen LogP contribution in [-0.2, 0) is 11.2 Å². The number of hydrogen-bond acceptors (Lipinski definition) is 4. The summed E-state index contributed by atoms with van der Waals surface area (Å²) in [6.07, 6.45) is 0.955. The topological polar surface area (TPSA) is 76.2 Å². The second-order valence-electron chi connectivity index (χ2n) is 3.89. The van der Waals surface area contributed by atoms with Crippen LogP contribution in [0.15, 0.2) is 24.3 Å². The minimum atomic E-state index is -0.797. The van der Waals surface area contributed by atoms with Gasteiger partial charge in [0, 0.05) is 6.42 Å². The summed E-state index contributed by atoms with van der Waals surface area (Å²) in [5.41, 5.74) is 6.35. The molecule has 1 aromatic carbocycles. The maximum absolute atomic E-state index is 11.0. The fourth-order valence-electron chi connectivity index (χ4n) is 1.73. The molecular weight excluding hydrogens is 236 g/mol. The second kappa shape index (κ2) is 5.25. The van der Waals surface area contributed by atoms with Crippen molar-refractivity contribution in [2.75, 3.05) is 6.54 Å². The van der Waals surface area contributed by atoms with Gasteiger partial charge in [-0.25, -0.2) is 4.98 Å². The van der Waals surface area contributed by atoms with Gasteiger partial charge in [-0.2, -0.15) is 0 Å². The smallest absolute Gasteiger partial charge is 0.306 e. The SMILES string of the molecule is NCCC(Cc1nc2ccccc2s1)C(=O)O. The molecular formula is C12H14N2O2S. The molecule has 0 amide bonds. The zero-order valence-corrected chi connectivity index (χ0v) is 10.1. The molecule has 0 spiro atoms. The van der Waals surface area contributed by atoms with Crippen molar-refractivity contribution in [1.29, 1.82) is 0 Å². The number of rotatable bonds is 5. The molecule has 0 aliphatic heterocycles. The first-order valence-corrected chi connectivity index (χ1v) is 6.29. The Labute approximate surface area is 103 Å². The van der Waals surface area contributed by atoms with Crippen LogP contribution in [-0.4, -0.2) is 22.6 Å². The minimum Gasteiger partial charge on any atom is -0.481 e. The van der Waals surface area contributed by atoms with Crippen molar-refractivity contribution in [3.05, 3.63) is 29.3 Å². The van der Waals surface area contributed by atoms with Crippen LogP contribution in [0.4, 0.5) is 0 Å². The van der Waals surface area contributed by atoms with Gasteiger partial charge in [0.05, 0.1) is 21.1 Å². The maximum atomic E-state index is 11.0. The summed E-state index contributed by atoms with van der Waals surface area (Å²) in [5.74, 6) is -1.23. The van der Waals surface area contributed by atoms with Gasteiger partial charge in [-0.3, -0.25) is 4.79 Å². The second-order valence-corrected chi connectivity index (χ2v) is 5.01. The third-order valence-corrected chi connectivity index (χ3v) is 3.68. The van der Waals surface area contributed by atoms with E-state index in [1.165, 1.54) is 0 Å². The Bertz CT molecular complexity index is 491. The molecule has 0 saturated carbocycles. The average Bonchev–Trinajstić information content (AvgIpc) is 2.70. The molecule has 4 nitrogen and oxygen atoms in total. The lowest BCUT2D eigenvalue weighted by atomic mass is 10.0. The highest BCUT2D eigenvalue weighted by molar-refractivity contribution is 7.18. The van der Waals surface area contributed by atoms with E-state index in [0.717, 1.165) is 15.2 Å². The highest BCUT2D eigenvalue weighted by atomic mass is 32.1. The average molecular weight is 250 g/mol. The summed E-state index contributed by atoms with van der Waals surface area (Å²) in [7, 11) is 0. The van der Waals surface area contributed by atoms with Crippen LogP contribution in [0.25, 0.3) is 10.2 Å². The van der Waals surface area contributed by atoms with Crippen LogP contribution in [0.1, 0.15) is 11.4 Å². The first-order valence-electron chi connectivity index (χ1n) is 5.48. The predicted molar refractivity (Wildman–Crippen MR) is 68.1 cm³/mol. The molecule has 2 aromatic rings. The lowest BCUT2D eigenvalue weighted by molar-refractivity contribution is -0.141. The number of para-hydroxylation sites is 1. The molecule has 1 unspecified atom stereocenters.